The number of rotatable bonds is 9. The molecule has 3 rings (SSSR count). The summed E-state index contributed by atoms with van der Waals surface area (Å²) in [5, 5.41) is 3.55. The van der Waals surface area contributed by atoms with E-state index in [-0.39, 0.29) is 0 Å². The highest BCUT2D eigenvalue weighted by atomic mass is 16.5. The first-order chi connectivity index (χ1) is 12.8. The van der Waals surface area contributed by atoms with Gasteiger partial charge in [0.2, 0.25) is 0 Å². The molecule has 3 nitrogen and oxygen atoms in total. The van der Waals surface area contributed by atoms with E-state index in [2.05, 4.69) is 48.6 Å². The molecule has 0 saturated heterocycles. The molecule has 0 aromatic heterocycles. The first-order valence-electron chi connectivity index (χ1n) is 8.99. The highest BCUT2D eigenvalue weighted by molar-refractivity contribution is 5.29. The number of hydrogen-bond acceptors (Lipinski definition) is 3. The highest BCUT2D eigenvalue weighted by Gasteiger charge is 2.04. The number of para-hydroxylation sites is 1. The van der Waals surface area contributed by atoms with E-state index >= 15 is 0 Å². The van der Waals surface area contributed by atoms with Crippen molar-refractivity contribution in [3.8, 4) is 11.5 Å². The van der Waals surface area contributed by atoms with Crippen LogP contribution in [0.25, 0.3) is 0 Å². The van der Waals surface area contributed by atoms with Crippen LogP contribution in [-0.2, 0) is 6.54 Å². The molecule has 0 spiro atoms. The number of hydrogen-bond donors (Lipinski definition) is 1. The molecule has 0 heterocycles. The van der Waals surface area contributed by atoms with Gasteiger partial charge < -0.3 is 14.8 Å². The van der Waals surface area contributed by atoms with Crippen LogP contribution in [0.3, 0.4) is 0 Å². The van der Waals surface area contributed by atoms with E-state index < -0.39 is 0 Å². The Balaban J connectivity index is 1.44. The summed E-state index contributed by atoms with van der Waals surface area (Å²) in [6.45, 7) is 4.02. The summed E-state index contributed by atoms with van der Waals surface area (Å²) < 4.78 is 11.5. The summed E-state index contributed by atoms with van der Waals surface area (Å²) in [5.41, 5.74) is 2.49. The molecule has 3 aromatic carbocycles. The van der Waals surface area contributed by atoms with E-state index in [1.54, 1.807) is 0 Å². The van der Waals surface area contributed by atoms with Crippen LogP contribution in [0.15, 0.2) is 84.9 Å². The molecule has 134 valence electrons. The zero-order valence-corrected chi connectivity index (χ0v) is 15.1. The van der Waals surface area contributed by atoms with Gasteiger partial charge in [-0.05, 0) is 42.3 Å². The third kappa shape index (κ3) is 5.64. The Morgan fingerprint density at radius 2 is 1.35 bits per heavy atom. The van der Waals surface area contributed by atoms with Crippen LogP contribution >= 0.6 is 0 Å². The fourth-order valence-electron chi connectivity index (χ4n) is 2.71. The lowest BCUT2D eigenvalue weighted by Crippen LogP contribution is -2.18. The second-order valence-corrected chi connectivity index (χ2v) is 6.17. The second kappa shape index (κ2) is 9.64. The van der Waals surface area contributed by atoms with Crippen molar-refractivity contribution in [2.24, 2.45) is 0 Å². The number of nitrogens with one attached hydrogen (secondary N) is 1. The van der Waals surface area contributed by atoms with Gasteiger partial charge in [-0.15, -0.1) is 0 Å². The van der Waals surface area contributed by atoms with Gasteiger partial charge in [0.15, 0.2) is 0 Å². The SMILES string of the molecule is CC(NCc1cccc(OCCOc2ccccc2)c1)c1ccccc1. The smallest absolute Gasteiger partial charge is 0.122 e. The number of benzene rings is 3. The summed E-state index contributed by atoms with van der Waals surface area (Å²) in [5.74, 6) is 1.73. The van der Waals surface area contributed by atoms with Gasteiger partial charge in [-0.2, -0.15) is 0 Å². The monoisotopic (exact) mass is 347 g/mol. The van der Waals surface area contributed by atoms with Crippen molar-refractivity contribution in [2.75, 3.05) is 13.2 Å². The standard InChI is InChI=1S/C23H25NO2/c1-19(21-10-4-2-5-11-21)24-18-20-9-8-14-23(17-20)26-16-15-25-22-12-6-3-7-13-22/h2-14,17,19,24H,15-16,18H2,1H3. The molecule has 0 radical (unpaired) electrons. The predicted molar refractivity (Wildman–Crippen MR) is 106 cm³/mol. The van der Waals surface area contributed by atoms with E-state index in [9.17, 15) is 0 Å². The first-order valence-corrected chi connectivity index (χ1v) is 8.99. The van der Waals surface area contributed by atoms with Gasteiger partial charge in [0.1, 0.15) is 24.7 Å². The van der Waals surface area contributed by atoms with Crippen LogP contribution in [-0.4, -0.2) is 13.2 Å². The number of ether oxygens (including phenoxy) is 2. The first kappa shape index (κ1) is 18.0. The fraction of sp³-hybridized carbons (Fsp3) is 0.217. The summed E-state index contributed by atoms with van der Waals surface area (Å²) in [6, 6.07) is 28.7. The maximum absolute atomic E-state index is 5.81. The summed E-state index contributed by atoms with van der Waals surface area (Å²) in [4.78, 5) is 0. The van der Waals surface area contributed by atoms with Crippen LogP contribution in [0.5, 0.6) is 11.5 Å². The van der Waals surface area contributed by atoms with E-state index in [1.165, 1.54) is 11.1 Å². The Morgan fingerprint density at radius 1 is 0.731 bits per heavy atom. The van der Waals surface area contributed by atoms with Crippen molar-refractivity contribution in [1.29, 1.82) is 0 Å². The molecule has 3 aromatic rings. The molecule has 0 bridgehead atoms. The third-order valence-corrected chi connectivity index (χ3v) is 4.17. The van der Waals surface area contributed by atoms with E-state index in [0.29, 0.717) is 19.3 Å². The van der Waals surface area contributed by atoms with Gasteiger partial charge in [0.05, 0.1) is 0 Å². The normalized spacial score (nSPS) is 11.7. The molecule has 0 fully saturated rings. The van der Waals surface area contributed by atoms with Crippen LogP contribution in [0.4, 0.5) is 0 Å². The molecule has 0 aliphatic rings. The van der Waals surface area contributed by atoms with Crippen LogP contribution in [0.2, 0.25) is 0 Å². The van der Waals surface area contributed by atoms with Gasteiger partial charge in [-0.25, -0.2) is 0 Å². The molecule has 3 heteroatoms. The Kier molecular flexibility index (Phi) is 6.68. The lowest BCUT2D eigenvalue weighted by Gasteiger charge is -2.15. The third-order valence-electron chi connectivity index (χ3n) is 4.17. The molecular weight excluding hydrogens is 322 g/mol. The Morgan fingerprint density at radius 3 is 2.08 bits per heavy atom. The van der Waals surface area contributed by atoms with Crippen LogP contribution in [0.1, 0.15) is 24.1 Å². The zero-order chi connectivity index (χ0) is 18.0. The largest absolute Gasteiger partial charge is 0.490 e. The minimum absolute atomic E-state index is 0.306. The average Bonchev–Trinajstić information content (AvgIpc) is 2.71. The Hall–Kier alpha value is -2.78. The van der Waals surface area contributed by atoms with Crippen molar-refractivity contribution in [3.63, 3.8) is 0 Å². The minimum Gasteiger partial charge on any atom is -0.490 e. The average molecular weight is 347 g/mol. The predicted octanol–water partition coefficient (Wildman–Crippen LogP) is 5.00. The maximum Gasteiger partial charge on any atom is 0.122 e. The quantitative estimate of drug-likeness (QED) is 0.553. The fourth-order valence-corrected chi connectivity index (χ4v) is 2.71. The van der Waals surface area contributed by atoms with Crippen molar-refractivity contribution in [1.82, 2.24) is 5.32 Å². The van der Waals surface area contributed by atoms with Gasteiger partial charge in [0, 0.05) is 12.6 Å². The van der Waals surface area contributed by atoms with E-state index in [4.69, 9.17) is 9.47 Å². The molecule has 0 aliphatic heterocycles. The molecule has 0 aliphatic carbocycles. The molecule has 1 unspecified atom stereocenters. The summed E-state index contributed by atoms with van der Waals surface area (Å²) >= 11 is 0. The Labute approximate surface area is 155 Å². The summed E-state index contributed by atoms with van der Waals surface area (Å²) in [7, 11) is 0. The Bertz CT molecular complexity index is 774. The molecule has 1 N–H and O–H groups in total. The molecule has 26 heavy (non-hydrogen) atoms. The van der Waals surface area contributed by atoms with Gasteiger partial charge in [0.25, 0.3) is 0 Å². The summed E-state index contributed by atoms with van der Waals surface area (Å²) in [6.07, 6.45) is 0. The minimum atomic E-state index is 0.306. The molecule has 0 amide bonds. The highest BCUT2D eigenvalue weighted by Crippen LogP contribution is 2.16. The van der Waals surface area contributed by atoms with E-state index in [0.717, 1.165) is 18.0 Å². The van der Waals surface area contributed by atoms with Gasteiger partial charge >= 0.3 is 0 Å². The zero-order valence-electron chi connectivity index (χ0n) is 15.1. The van der Waals surface area contributed by atoms with Crippen molar-refractivity contribution >= 4 is 0 Å². The molecule has 1 atom stereocenters. The van der Waals surface area contributed by atoms with Crippen molar-refractivity contribution in [3.05, 3.63) is 96.1 Å². The van der Waals surface area contributed by atoms with Gasteiger partial charge in [-0.1, -0.05) is 60.7 Å². The van der Waals surface area contributed by atoms with E-state index in [1.807, 2.05) is 48.5 Å². The topological polar surface area (TPSA) is 30.5 Å². The van der Waals surface area contributed by atoms with Crippen molar-refractivity contribution < 1.29 is 9.47 Å². The maximum atomic E-state index is 5.81. The van der Waals surface area contributed by atoms with Crippen molar-refractivity contribution in [2.45, 2.75) is 19.5 Å². The van der Waals surface area contributed by atoms with Gasteiger partial charge in [-0.3, -0.25) is 0 Å². The second-order valence-electron chi connectivity index (χ2n) is 6.17. The van der Waals surface area contributed by atoms with Crippen LogP contribution in [0, 0.1) is 0 Å². The van der Waals surface area contributed by atoms with Crippen LogP contribution < -0.4 is 14.8 Å². The lowest BCUT2D eigenvalue weighted by molar-refractivity contribution is 0.217. The molecular formula is C23H25NO2. The lowest BCUT2D eigenvalue weighted by atomic mass is 10.1. The molecule has 0 saturated carbocycles.